The molecular formula is C8H13F3O. The first-order valence-corrected chi connectivity index (χ1v) is 4.16. The molecule has 0 heterocycles. The van der Waals surface area contributed by atoms with E-state index in [1.165, 1.54) is 0 Å². The van der Waals surface area contributed by atoms with Crippen molar-refractivity contribution in [2.45, 2.75) is 32.4 Å². The maximum Gasteiger partial charge on any atom is 0.394 e. The Kier molecular flexibility index (Phi) is 2.66. The molecule has 1 nitrogen and oxygen atoms in total. The highest BCUT2D eigenvalue weighted by molar-refractivity contribution is 4.98. The van der Waals surface area contributed by atoms with E-state index in [1.807, 2.05) is 0 Å². The van der Waals surface area contributed by atoms with Crippen molar-refractivity contribution in [3.8, 4) is 0 Å². The zero-order valence-corrected chi connectivity index (χ0v) is 7.08. The number of halogens is 3. The molecule has 0 amide bonds. The van der Waals surface area contributed by atoms with Gasteiger partial charge in [0.05, 0.1) is 5.41 Å². The molecule has 0 atom stereocenters. The van der Waals surface area contributed by atoms with Crippen LogP contribution in [0.4, 0.5) is 13.2 Å². The maximum atomic E-state index is 12.3. The van der Waals surface area contributed by atoms with Gasteiger partial charge in [-0.05, 0) is 26.2 Å². The zero-order valence-electron chi connectivity index (χ0n) is 7.08. The van der Waals surface area contributed by atoms with Gasteiger partial charge in [0.15, 0.2) is 0 Å². The fraction of sp³-hybridized carbons (Fsp3) is 1.00. The van der Waals surface area contributed by atoms with Crippen molar-refractivity contribution in [1.29, 1.82) is 0 Å². The van der Waals surface area contributed by atoms with Gasteiger partial charge in [0.2, 0.25) is 0 Å². The van der Waals surface area contributed by atoms with E-state index in [1.54, 1.807) is 6.92 Å². The van der Waals surface area contributed by atoms with E-state index < -0.39 is 11.6 Å². The monoisotopic (exact) mass is 182 g/mol. The van der Waals surface area contributed by atoms with Crippen molar-refractivity contribution in [1.82, 2.24) is 0 Å². The summed E-state index contributed by atoms with van der Waals surface area (Å²) in [7, 11) is 0. The quantitative estimate of drug-likeness (QED) is 0.607. The van der Waals surface area contributed by atoms with E-state index >= 15 is 0 Å². The molecule has 0 spiro atoms. The summed E-state index contributed by atoms with van der Waals surface area (Å²) in [6, 6.07) is 0. The van der Waals surface area contributed by atoms with Crippen LogP contribution in [0.3, 0.4) is 0 Å². The average Bonchev–Trinajstić information content (AvgIpc) is 2.67. The number of rotatable bonds is 4. The predicted octanol–water partition coefficient (Wildman–Crippen LogP) is 2.76. The van der Waals surface area contributed by atoms with Crippen molar-refractivity contribution >= 4 is 0 Å². The van der Waals surface area contributed by atoms with Gasteiger partial charge in [-0.25, -0.2) is 0 Å². The van der Waals surface area contributed by atoms with Crippen LogP contribution in [0.5, 0.6) is 0 Å². The zero-order chi connectivity index (χ0) is 9.24. The third-order valence-electron chi connectivity index (χ3n) is 2.38. The van der Waals surface area contributed by atoms with Crippen LogP contribution in [0.1, 0.15) is 26.2 Å². The molecule has 0 aliphatic heterocycles. The second-order valence-electron chi connectivity index (χ2n) is 3.23. The topological polar surface area (TPSA) is 9.23 Å². The van der Waals surface area contributed by atoms with E-state index in [0.29, 0.717) is 6.61 Å². The van der Waals surface area contributed by atoms with Crippen LogP contribution in [0, 0.1) is 5.41 Å². The average molecular weight is 182 g/mol. The lowest BCUT2D eigenvalue weighted by molar-refractivity contribution is -0.191. The SMILES string of the molecule is CCOCCC1(C(F)(F)F)CC1. The smallest absolute Gasteiger partial charge is 0.382 e. The van der Waals surface area contributed by atoms with Gasteiger partial charge in [-0.15, -0.1) is 0 Å². The minimum absolute atomic E-state index is 0.129. The Morgan fingerprint density at radius 1 is 1.33 bits per heavy atom. The van der Waals surface area contributed by atoms with Gasteiger partial charge in [-0.1, -0.05) is 0 Å². The maximum absolute atomic E-state index is 12.3. The van der Waals surface area contributed by atoms with E-state index in [2.05, 4.69) is 0 Å². The van der Waals surface area contributed by atoms with Gasteiger partial charge in [0.25, 0.3) is 0 Å². The van der Waals surface area contributed by atoms with Crippen LogP contribution in [0.2, 0.25) is 0 Å². The molecular weight excluding hydrogens is 169 g/mol. The van der Waals surface area contributed by atoms with E-state index in [-0.39, 0.29) is 25.9 Å². The normalized spacial score (nSPS) is 21.0. The Hall–Kier alpha value is -0.250. The van der Waals surface area contributed by atoms with Crippen LogP contribution < -0.4 is 0 Å². The fourth-order valence-corrected chi connectivity index (χ4v) is 1.24. The first-order chi connectivity index (χ1) is 5.52. The summed E-state index contributed by atoms with van der Waals surface area (Å²) in [5.74, 6) is 0. The van der Waals surface area contributed by atoms with Gasteiger partial charge < -0.3 is 4.74 Å². The molecule has 1 aliphatic carbocycles. The van der Waals surface area contributed by atoms with Crippen molar-refractivity contribution < 1.29 is 17.9 Å². The number of hydrogen-bond donors (Lipinski definition) is 0. The molecule has 0 N–H and O–H groups in total. The lowest BCUT2D eigenvalue weighted by Gasteiger charge is -2.18. The van der Waals surface area contributed by atoms with Crippen molar-refractivity contribution in [3.63, 3.8) is 0 Å². The van der Waals surface area contributed by atoms with Gasteiger partial charge in [0.1, 0.15) is 0 Å². The lowest BCUT2D eigenvalue weighted by Crippen LogP contribution is -2.25. The summed E-state index contributed by atoms with van der Waals surface area (Å²) in [5.41, 5.74) is -1.39. The Morgan fingerprint density at radius 3 is 2.25 bits per heavy atom. The summed E-state index contributed by atoms with van der Waals surface area (Å²) < 4.78 is 41.7. The highest BCUT2D eigenvalue weighted by atomic mass is 19.4. The molecule has 1 aliphatic rings. The third-order valence-corrected chi connectivity index (χ3v) is 2.38. The molecule has 0 radical (unpaired) electrons. The molecule has 1 rings (SSSR count). The molecule has 72 valence electrons. The van der Waals surface area contributed by atoms with Gasteiger partial charge >= 0.3 is 6.18 Å². The van der Waals surface area contributed by atoms with Crippen LogP contribution >= 0.6 is 0 Å². The molecule has 0 unspecified atom stereocenters. The number of hydrogen-bond acceptors (Lipinski definition) is 1. The van der Waals surface area contributed by atoms with E-state index in [9.17, 15) is 13.2 Å². The number of ether oxygens (including phenoxy) is 1. The van der Waals surface area contributed by atoms with Gasteiger partial charge in [0, 0.05) is 13.2 Å². The molecule has 0 saturated heterocycles. The highest BCUT2D eigenvalue weighted by Gasteiger charge is 2.62. The first kappa shape index (κ1) is 9.84. The lowest BCUT2D eigenvalue weighted by atomic mass is 10.0. The van der Waals surface area contributed by atoms with Gasteiger partial charge in [-0.2, -0.15) is 13.2 Å². The van der Waals surface area contributed by atoms with Gasteiger partial charge in [-0.3, -0.25) is 0 Å². The van der Waals surface area contributed by atoms with Crippen molar-refractivity contribution in [3.05, 3.63) is 0 Å². The summed E-state index contributed by atoms with van der Waals surface area (Å²) in [5, 5.41) is 0. The molecule has 1 saturated carbocycles. The van der Waals surface area contributed by atoms with Crippen LogP contribution in [-0.4, -0.2) is 19.4 Å². The molecule has 0 aromatic carbocycles. The Bertz CT molecular complexity index is 149. The minimum Gasteiger partial charge on any atom is -0.382 e. The largest absolute Gasteiger partial charge is 0.394 e. The summed E-state index contributed by atoms with van der Waals surface area (Å²) in [6.45, 7) is 2.51. The molecule has 4 heteroatoms. The molecule has 0 aromatic heterocycles. The first-order valence-electron chi connectivity index (χ1n) is 4.16. The molecule has 0 aromatic rings. The molecule has 0 bridgehead atoms. The summed E-state index contributed by atoms with van der Waals surface area (Å²) >= 11 is 0. The van der Waals surface area contributed by atoms with Crippen molar-refractivity contribution in [2.75, 3.05) is 13.2 Å². The Morgan fingerprint density at radius 2 is 1.92 bits per heavy atom. The third kappa shape index (κ3) is 1.91. The molecule has 12 heavy (non-hydrogen) atoms. The Balaban J connectivity index is 2.30. The standard InChI is InChI=1S/C8H13F3O/c1-2-12-6-5-7(3-4-7)8(9,10)11/h2-6H2,1H3. The van der Waals surface area contributed by atoms with E-state index in [4.69, 9.17) is 4.74 Å². The molecule has 1 fully saturated rings. The predicted molar refractivity (Wildman–Crippen MR) is 38.8 cm³/mol. The minimum atomic E-state index is -4.02. The Labute approximate surface area is 69.9 Å². The van der Waals surface area contributed by atoms with Crippen LogP contribution in [0.25, 0.3) is 0 Å². The van der Waals surface area contributed by atoms with Crippen LogP contribution in [-0.2, 0) is 4.74 Å². The second-order valence-corrected chi connectivity index (χ2v) is 3.23. The highest BCUT2D eigenvalue weighted by Crippen LogP contribution is 2.59. The van der Waals surface area contributed by atoms with Crippen molar-refractivity contribution in [2.24, 2.45) is 5.41 Å². The van der Waals surface area contributed by atoms with Crippen LogP contribution in [0.15, 0.2) is 0 Å². The second kappa shape index (κ2) is 3.24. The van der Waals surface area contributed by atoms with E-state index in [0.717, 1.165) is 0 Å². The summed E-state index contributed by atoms with van der Waals surface area (Å²) in [4.78, 5) is 0. The fourth-order valence-electron chi connectivity index (χ4n) is 1.24. The number of alkyl halides is 3. The summed E-state index contributed by atoms with van der Waals surface area (Å²) in [6.07, 6.45) is -3.33.